The van der Waals surface area contributed by atoms with Crippen molar-refractivity contribution in [1.29, 1.82) is 5.26 Å². The first kappa shape index (κ1) is 10.5. The second-order valence-electron chi connectivity index (χ2n) is 4.06. The van der Waals surface area contributed by atoms with E-state index in [1.54, 1.807) is 0 Å². The van der Waals surface area contributed by atoms with Gasteiger partial charge in [0.05, 0.1) is 11.6 Å². The van der Waals surface area contributed by atoms with Gasteiger partial charge in [0, 0.05) is 13.2 Å². The summed E-state index contributed by atoms with van der Waals surface area (Å²) in [6.45, 7) is 2.07. The van der Waals surface area contributed by atoms with Gasteiger partial charge in [0.15, 0.2) is 0 Å². The fourth-order valence-corrected chi connectivity index (χ4v) is 2.17. The molecule has 1 unspecified atom stereocenters. The first-order valence-corrected chi connectivity index (χ1v) is 5.29. The Hall–Kier alpha value is -2.01. The summed E-state index contributed by atoms with van der Waals surface area (Å²) in [7, 11) is 2.01. The highest BCUT2D eigenvalue weighted by Crippen LogP contribution is 2.31. The Kier molecular flexibility index (Phi) is 2.78. The monoisotopic (exact) mass is 210 g/mol. The van der Waals surface area contributed by atoms with Crippen LogP contribution in [-0.4, -0.2) is 11.9 Å². The molecule has 2 nitrogen and oxygen atoms in total. The molecule has 1 aromatic carbocycles. The molecule has 1 atom stereocenters. The Bertz CT molecular complexity index is 477. The summed E-state index contributed by atoms with van der Waals surface area (Å²) in [6, 6.07) is 12.8. The number of hydrogen-bond donors (Lipinski definition) is 0. The summed E-state index contributed by atoms with van der Waals surface area (Å²) in [6.07, 6.45) is 3.85. The van der Waals surface area contributed by atoms with Crippen molar-refractivity contribution in [2.45, 2.75) is 13.0 Å². The van der Waals surface area contributed by atoms with Gasteiger partial charge < -0.3 is 4.90 Å². The first-order valence-electron chi connectivity index (χ1n) is 5.29. The lowest BCUT2D eigenvalue weighted by Crippen LogP contribution is -2.23. The Morgan fingerprint density at radius 1 is 1.25 bits per heavy atom. The third-order valence-corrected chi connectivity index (χ3v) is 2.81. The van der Waals surface area contributed by atoms with Crippen molar-refractivity contribution < 1.29 is 0 Å². The molecule has 1 heterocycles. The number of likely N-dealkylation sites (N-methyl/N-ethyl adjacent to an activating group) is 1. The van der Waals surface area contributed by atoms with Gasteiger partial charge in [-0.15, -0.1) is 0 Å². The van der Waals surface area contributed by atoms with E-state index in [9.17, 15) is 0 Å². The standard InChI is InChI=1S/C14H14N2/c1-11-8-12(9-15)10-16(2)14(11)13-6-4-3-5-7-13/h3-8,10,14H,1-2H3. The van der Waals surface area contributed by atoms with Crippen LogP contribution in [0.1, 0.15) is 18.5 Å². The minimum atomic E-state index is 0.248. The van der Waals surface area contributed by atoms with Crippen molar-refractivity contribution in [3.8, 4) is 6.07 Å². The largest absolute Gasteiger partial charge is 0.369 e. The SMILES string of the molecule is CC1=CC(C#N)=CN(C)C1c1ccccc1. The van der Waals surface area contributed by atoms with Gasteiger partial charge in [-0.05, 0) is 24.1 Å². The molecule has 0 radical (unpaired) electrons. The zero-order valence-electron chi connectivity index (χ0n) is 9.51. The number of hydrogen-bond acceptors (Lipinski definition) is 2. The molecule has 2 rings (SSSR count). The van der Waals surface area contributed by atoms with E-state index in [-0.39, 0.29) is 6.04 Å². The first-order chi connectivity index (χ1) is 7.72. The van der Waals surface area contributed by atoms with Gasteiger partial charge in [-0.1, -0.05) is 30.3 Å². The smallest absolute Gasteiger partial charge is 0.101 e. The van der Waals surface area contributed by atoms with Crippen molar-refractivity contribution in [1.82, 2.24) is 4.90 Å². The van der Waals surface area contributed by atoms with Gasteiger partial charge in [0.1, 0.15) is 6.07 Å². The van der Waals surface area contributed by atoms with Crippen LogP contribution < -0.4 is 0 Å². The van der Waals surface area contributed by atoms with Crippen molar-refractivity contribution in [2.24, 2.45) is 0 Å². The topological polar surface area (TPSA) is 27.0 Å². The van der Waals surface area contributed by atoms with E-state index < -0.39 is 0 Å². The average molecular weight is 210 g/mol. The summed E-state index contributed by atoms with van der Waals surface area (Å²) >= 11 is 0. The molecular formula is C14H14N2. The zero-order chi connectivity index (χ0) is 11.5. The molecule has 0 N–H and O–H groups in total. The van der Waals surface area contributed by atoms with E-state index in [4.69, 9.17) is 5.26 Å². The Morgan fingerprint density at radius 3 is 2.50 bits per heavy atom. The molecular weight excluding hydrogens is 196 g/mol. The highest BCUT2D eigenvalue weighted by molar-refractivity contribution is 5.42. The molecule has 1 aliphatic heterocycles. The number of rotatable bonds is 1. The molecule has 0 aromatic heterocycles. The molecule has 0 spiro atoms. The van der Waals surface area contributed by atoms with E-state index in [0.717, 1.165) is 0 Å². The molecule has 0 aliphatic carbocycles. The van der Waals surface area contributed by atoms with E-state index in [2.05, 4.69) is 30.0 Å². The summed E-state index contributed by atoms with van der Waals surface area (Å²) in [5.41, 5.74) is 3.17. The molecule has 1 aliphatic rings. The van der Waals surface area contributed by atoms with E-state index in [0.29, 0.717) is 5.57 Å². The third-order valence-electron chi connectivity index (χ3n) is 2.81. The predicted molar refractivity (Wildman–Crippen MR) is 64.4 cm³/mol. The lowest BCUT2D eigenvalue weighted by Gasteiger charge is -2.31. The molecule has 0 bridgehead atoms. The maximum Gasteiger partial charge on any atom is 0.101 e. The van der Waals surface area contributed by atoms with Crippen LogP contribution in [0.25, 0.3) is 0 Å². The predicted octanol–water partition coefficient (Wildman–Crippen LogP) is 3.03. The van der Waals surface area contributed by atoms with Crippen LogP contribution in [0.4, 0.5) is 0 Å². The van der Waals surface area contributed by atoms with E-state index in [1.165, 1.54) is 11.1 Å². The van der Waals surface area contributed by atoms with E-state index >= 15 is 0 Å². The molecule has 0 saturated carbocycles. The third kappa shape index (κ3) is 1.85. The second kappa shape index (κ2) is 4.24. The van der Waals surface area contributed by atoms with Crippen molar-refractivity contribution in [3.63, 3.8) is 0 Å². The maximum absolute atomic E-state index is 8.89. The van der Waals surface area contributed by atoms with Gasteiger partial charge in [0.25, 0.3) is 0 Å². The van der Waals surface area contributed by atoms with Crippen LogP contribution in [-0.2, 0) is 0 Å². The molecule has 2 heteroatoms. The molecule has 1 aromatic rings. The van der Waals surface area contributed by atoms with Crippen molar-refractivity contribution in [3.05, 3.63) is 59.3 Å². The van der Waals surface area contributed by atoms with Gasteiger partial charge in [-0.25, -0.2) is 0 Å². The van der Waals surface area contributed by atoms with Gasteiger partial charge in [0.2, 0.25) is 0 Å². The molecule has 80 valence electrons. The Balaban J connectivity index is 2.37. The Morgan fingerprint density at radius 2 is 1.94 bits per heavy atom. The number of nitriles is 1. The zero-order valence-corrected chi connectivity index (χ0v) is 9.51. The lowest BCUT2D eigenvalue weighted by atomic mass is 9.95. The minimum Gasteiger partial charge on any atom is -0.369 e. The van der Waals surface area contributed by atoms with E-state index in [1.807, 2.05) is 37.5 Å². The van der Waals surface area contributed by atoms with Gasteiger partial charge in [-0.2, -0.15) is 5.26 Å². The Labute approximate surface area is 96.1 Å². The number of allylic oxidation sites excluding steroid dienone is 2. The van der Waals surface area contributed by atoms with Gasteiger partial charge in [-0.3, -0.25) is 0 Å². The van der Waals surface area contributed by atoms with Gasteiger partial charge >= 0.3 is 0 Å². The molecule has 0 amide bonds. The van der Waals surface area contributed by atoms with Crippen LogP contribution in [0.2, 0.25) is 0 Å². The number of benzene rings is 1. The molecule has 0 saturated heterocycles. The lowest BCUT2D eigenvalue weighted by molar-refractivity contribution is 0.371. The fourth-order valence-electron chi connectivity index (χ4n) is 2.17. The van der Waals surface area contributed by atoms with Crippen LogP contribution in [0, 0.1) is 11.3 Å². The van der Waals surface area contributed by atoms with Crippen molar-refractivity contribution in [2.75, 3.05) is 7.05 Å². The average Bonchev–Trinajstić information content (AvgIpc) is 2.29. The van der Waals surface area contributed by atoms with Crippen LogP contribution >= 0.6 is 0 Å². The van der Waals surface area contributed by atoms with Crippen LogP contribution in [0.5, 0.6) is 0 Å². The summed E-state index contributed by atoms with van der Waals surface area (Å²) in [4.78, 5) is 2.09. The fraction of sp³-hybridized carbons (Fsp3) is 0.214. The number of nitrogens with zero attached hydrogens (tertiary/aromatic N) is 2. The normalized spacial score (nSPS) is 19.8. The maximum atomic E-state index is 8.89. The highest BCUT2D eigenvalue weighted by atomic mass is 15.1. The summed E-state index contributed by atoms with van der Waals surface area (Å²) in [5, 5.41) is 8.89. The quantitative estimate of drug-likeness (QED) is 0.712. The summed E-state index contributed by atoms with van der Waals surface area (Å²) < 4.78 is 0. The van der Waals surface area contributed by atoms with Crippen molar-refractivity contribution >= 4 is 0 Å². The molecule has 0 fully saturated rings. The minimum absolute atomic E-state index is 0.248. The molecule has 16 heavy (non-hydrogen) atoms. The van der Waals surface area contributed by atoms with Crippen LogP contribution in [0.15, 0.2) is 53.8 Å². The van der Waals surface area contributed by atoms with Crippen LogP contribution in [0.3, 0.4) is 0 Å². The summed E-state index contributed by atoms with van der Waals surface area (Å²) in [5.74, 6) is 0. The highest BCUT2D eigenvalue weighted by Gasteiger charge is 2.20. The second-order valence-corrected chi connectivity index (χ2v) is 4.06.